The first-order valence-electron chi connectivity index (χ1n) is 5.56. The summed E-state index contributed by atoms with van der Waals surface area (Å²) in [4.78, 5) is 39.2. The molecule has 1 aliphatic rings. The molecule has 0 bridgehead atoms. The van der Waals surface area contributed by atoms with Gasteiger partial charge in [-0.15, -0.1) is 5.06 Å². The lowest BCUT2D eigenvalue weighted by molar-refractivity contribution is -0.190. The number of hydrogen-bond acceptors (Lipinski definition) is 4. The Hall–Kier alpha value is -2.51. The summed E-state index contributed by atoms with van der Waals surface area (Å²) < 4.78 is 26.6. The third-order valence-electron chi connectivity index (χ3n) is 2.90. The molecule has 3 amide bonds. The van der Waals surface area contributed by atoms with Gasteiger partial charge in [-0.2, -0.15) is 0 Å². The molecule has 1 aromatic carbocycles. The van der Waals surface area contributed by atoms with Crippen LogP contribution < -0.4 is 5.32 Å². The van der Waals surface area contributed by atoms with Gasteiger partial charge in [0.15, 0.2) is 5.54 Å². The van der Waals surface area contributed by atoms with Crippen molar-refractivity contribution in [3.63, 3.8) is 0 Å². The predicted molar refractivity (Wildman–Crippen MR) is 60.9 cm³/mol. The van der Waals surface area contributed by atoms with Gasteiger partial charge in [0.1, 0.15) is 11.6 Å². The van der Waals surface area contributed by atoms with E-state index in [1.165, 1.54) is 6.92 Å². The van der Waals surface area contributed by atoms with Gasteiger partial charge in [-0.25, -0.2) is 13.6 Å². The Labute approximate surface area is 112 Å². The molecule has 1 heterocycles. The molecule has 1 unspecified atom stereocenters. The summed E-state index contributed by atoms with van der Waals surface area (Å²) in [6, 6.07) is 1.41. The zero-order chi connectivity index (χ0) is 15.1. The van der Waals surface area contributed by atoms with Gasteiger partial charge in [0.05, 0.1) is 0 Å². The first-order valence-corrected chi connectivity index (χ1v) is 5.56. The summed E-state index contributed by atoms with van der Waals surface area (Å²) in [7, 11) is 0. The fourth-order valence-corrected chi connectivity index (χ4v) is 1.91. The number of nitrogens with one attached hydrogen (secondary N) is 1. The van der Waals surface area contributed by atoms with E-state index in [2.05, 4.69) is 4.84 Å². The molecule has 0 aromatic heterocycles. The number of carbonyl (C=O) groups is 3. The van der Waals surface area contributed by atoms with Crippen LogP contribution in [0, 0.1) is 11.6 Å². The van der Waals surface area contributed by atoms with Crippen molar-refractivity contribution in [1.82, 2.24) is 10.4 Å². The molecule has 1 aliphatic heterocycles. The molecule has 0 radical (unpaired) electrons. The van der Waals surface area contributed by atoms with Crippen molar-refractivity contribution in [2.24, 2.45) is 0 Å². The van der Waals surface area contributed by atoms with Gasteiger partial charge in [-0.1, -0.05) is 0 Å². The van der Waals surface area contributed by atoms with E-state index in [-0.39, 0.29) is 5.56 Å². The lowest BCUT2D eigenvalue weighted by Gasteiger charge is -2.29. The number of urea groups is 1. The Bertz CT molecular complexity index is 599. The molecule has 0 spiro atoms. The summed E-state index contributed by atoms with van der Waals surface area (Å²) in [5, 5.41) is 2.39. The molecule has 1 aromatic rings. The quantitative estimate of drug-likeness (QED) is 0.828. The molecule has 1 atom stereocenters. The average Bonchev–Trinajstić information content (AvgIpc) is 2.52. The van der Waals surface area contributed by atoms with Crippen molar-refractivity contribution in [3.05, 3.63) is 35.4 Å². The molecule has 20 heavy (non-hydrogen) atoms. The zero-order valence-corrected chi connectivity index (χ0v) is 10.6. The second-order valence-electron chi connectivity index (χ2n) is 4.37. The number of hydroxylamine groups is 2. The lowest BCUT2D eigenvalue weighted by atomic mass is 9.92. The van der Waals surface area contributed by atoms with E-state index in [1.54, 1.807) is 0 Å². The van der Waals surface area contributed by atoms with E-state index in [9.17, 15) is 23.2 Å². The molecule has 0 saturated carbocycles. The van der Waals surface area contributed by atoms with Crippen LogP contribution in [0.3, 0.4) is 0 Å². The number of amides is 3. The van der Waals surface area contributed by atoms with Crippen LogP contribution in [-0.2, 0) is 20.0 Å². The van der Waals surface area contributed by atoms with Gasteiger partial charge in [0, 0.05) is 13.0 Å². The minimum atomic E-state index is -1.84. The summed E-state index contributed by atoms with van der Waals surface area (Å²) in [6.07, 6.45) is 0. The highest BCUT2D eigenvalue weighted by Crippen LogP contribution is 2.34. The van der Waals surface area contributed by atoms with Crippen molar-refractivity contribution >= 4 is 17.9 Å². The maximum absolute atomic E-state index is 13.3. The van der Waals surface area contributed by atoms with E-state index >= 15 is 0 Å². The predicted octanol–water partition coefficient (Wildman–Crippen LogP) is 1.21. The van der Waals surface area contributed by atoms with Gasteiger partial charge in [0.2, 0.25) is 0 Å². The number of halogens is 2. The van der Waals surface area contributed by atoms with Crippen LogP contribution in [0.4, 0.5) is 13.6 Å². The van der Waals surface area contributed by atoms with E-state index in [0.29, 0.717) is 11.1 Å². The number of imide groups is 1. The largest absolute Gasteiger partial charge is 0.358 e. The molecule has 1 N–H and O–H groups in total. The number of carbonyl (C=O) groups excluding carboxylic acids is 3. The van der Waals surface area contributed by atoms with Crippen molar-refractivity contribution in [3.8, 4) is 0 Å². The molecular weight excluding hydrogens is 274 g/mol. The van der Waals surface area contributed by atoms with E-state index in [1.807, 2.05) is 5.32 Å². The normalized spacial score (nSPS) is 21.9. The zero-order valence-electron chi connectivity index (χ0n) is 10.6. The van der Waals surface area contributed by atoms with Crippen LogP contribution in [-0.4, -0.2) is 23.0 Å². The molecular formula is C12H10F2N2O4. The van der Waals surface area contributed by atoms with Crippen LogP contribution in [0.5, 0.6) is 0 Å². The Morgan fingerprint density at radius 3 is 2.30 bits per heavy atom. The Morgan fingerprint density at radius 2 is 1.80 bits per heavy atom. The number of nitrogens with zero attached hydrogens (tertiary/aromatic N) is 1. The molecule has 6 nitrogen and oxygen atoms in total. The van der Waals surface area contributed by atoms with Crippen molar-refractivity contribution in [1.29, 1.82) is 0 Å². The second kappa shape index (κ2) is 4.55. The molecule has 0 aliphatic carbocycles. The maximum atomic E-state index is 13.3. The third-order valence-corrected chi connectivity index (χ3v) is 2.90. The Kier molecular flexibility index (Phi) is 3.16. The number of benzene rings is 1. The first kappa shape index (κ1) is 13.9. The Morgan fingerprint density at radius 1 is 1.25 bits per heavy atom. The maximum Gasteiger partial charge on any atom is 0.358 e. The van der Waals surface area contributed by atoms with E-state index in [0.717, 1.165) is 19.1 Å². The van der Waals surface area contributed by atoms with Gasteiger partial charge in [-0.05, 0) is 24.6 Å². The van der Waals surface area contributed by atoms with E-state index < -0.39 is 35.1 Å². The van der Waals surface area contributed by atoms with Crippen LogP contribution in [0.25, 0.3) is 0 Å². The third kappa shape index (κ3) is 2.09. The summed E-state index contributed by atoms with van der Waals surface area (Å²) in [6.45, 7) is 2.24. The minimum Gasteiger partial charge on any atom is -0.336 e. The topological polar surface area (TPSA) is 75.7 Å². The van der Waals surface area contributed by atoms with Crippen LogP contribution in [0.2, 0.25) is 0 Å². The van der Waals surface area contributed by atoms with Gasteiger partial charge in [0.25, 0.3) is 5.91 Å². The minimum absolute atomic E-state index is 0.153. The summed E-state index contributed by atoms with van der Waals surface area (Å²) in [5.74, 6) is -3.54. The van der Waals surface area contributed by atoms with Gasteiger partial charge < -0.3 is 4.84 Å². The average molecular weight is 284 g/mol. The van der Waals surface area contributed by atoms with Gasteiger partial charge in [-0.3, -0.25) is 14.9 Å². The smallest absolute Gasteiger partial charge is 0.336 e. The molecule has 1 fully saturated rings. The summed E-state index contributed by atoms with van der Waals surface area (Å²) >= 11 is 0. The van der Waals surface area contributed by atoms with Crippen LogP contribution in [0.15, 0.2) is 18.2 Å². The number of rotatable bonds is 2. The molecule has 2 rings (SSSR count). The van der Waals surface area contributed by atoms with Crippen LogP contribution >= 0.6 is 0 Å². The van der Waals surface area contributed by atoms with Crippen molar-refractivity contribution in [2.75, 3.05) is 0 Å². The molecule has 1 saturated heterocycles. The lowest BCUT2D eigenvalue weighted by Crippen LogP contribution is -2.45. The highest BCUT2D eigenvalue weighted by atomic mass is 19.1. The second-order valence-corrected chi connectivity index (χ2v) is 4.37. The van der Waals surface area contributed by atoms with Crippen molar-refractivity contribution in [2.45, 2.75) is 19.4 Å². The highest BCUT2D eigenvalue weighted by Gasteiger charge is 2.53. The highest BCUT2D eigenvalue weighted by molar-refractivity contribution is 6.07. The van der Waals surface area contributed by atoms with E-state index in [4.69, 9.17) is 0 Å². The monoisotopic (exact) mass is 284 g/mol. The standard InChI is InChI=1S/C12H10F2N2O4/c1-6(17)20-16-11(19)15-10(18)12(16,2)7-3-8(13)5-9(14)4-7/h3-5H,1-2H3,(H,15,18,19). The molecule has 106 valence electrons. The van der Waals surface area contributed by atoms with Gasteiger partial charge >= 0.3 is 12.0 Å². The molecule has 8 heteroatoms. The SMILES string of the molecule is CC(=O)ON1C(=O)NC(=O)C1(C)c1cc(F)cc(F)c1. The Balaban J connectivity index is 2.55. The summed E-state index contributed by atoms with van der Waals surface area (Å²) in [5.41, 5.74) is -1.99. The first-order chi connectivity index (χ1) is 9.25. The van der Waals surface area contributed by atoms with Crippen LogP contribution in [0.1, 0.15) is 19.4 Å². The number of hydrogen-bond donors (Lipinski definition) is 1. The fourth-order valence-electron chi connectivity index (χ4n) is 1.91. The van der Waals surface area contributed by atoms with Crippen molar-refractivity contribution < 1.29 is 28.0 Å². The fraction of sp³-hybridized carbons (Fsp3) is 0.250.